The molecule has 0 aliphatic carbocycles. The first-order chi connectivity index (χ1) is 12.8. The molecule has 1 aromatic heterocycles. The highest BCUT2D eigenvalue weighted by Crippen LogP contribution is 2.29. The van der Waals surface area contributed by atoms with E-state index in [9.17, 15) is 5.11 Å². The number of ether oxygens (including phenoxy) is 1. The Morgan fingerprint density at radius 3 is 2.88 bits per heavy atom. The van der Waals surface area contributed by atoms with E-state index in [1.54, 1.807) is 7.11 Å². The van der Waals surface area contributed by atoms with Crippen molar-refractivity contribution < 1.29 is 9.84 Å². The number of rotatable bonds is 6. The van der Waals surface area contributed by atoms with Gasteiger partial charge in [0.05, 0.1) is 19.0 Å². The summed E-state index contributed by atoms with van der Waals surface area (Å²) in [5.74, 6) is 0.857. The van der Waals surface area contributed by atoms with E-state index in [1.165, 1.54) is 24.9 Å². The van der Waals surface area contributed by atoms with E-state index in [1.807, 2.05) is 18.3 Å². The zero-order chi connectivity index (χ0) is 17.9. The van der Waals surface area contributed by atoms with Gasteiger partial charge in [0.1, 0.15) is 5.75 Å². The molecule has 4 rings (SSSR count). The summed E-state index contributed by atoms with van der Waals surface area (Å²) in [7, 11) is 1.68. The molecule has 0 bridgehead atoms. The van der Waals surface area contributed by atoms with E-state index in [4.69, 9.17) is 4.74 Å². The van der Waals surface area contributed by atoms with Crippen LogP contribution in [0.15, 0.2) is 30.5 Å². The summed E-state index contributed by atoms with van der Waals surface area (Å²) < 4.78 is 5.26. The molecule has 0 radical (unpaired) electrons. The predicted molar refractivity (Wildman–Crippen MR) is 101 cm³/mol. The highest BCUT2D eigenvalue weighted by Gasteiger charge is 2.36. The lowest BCUT2D eigenvalue weighted by molar-refractivity contribution is 0.0334. The summed E-state index contributed by atoms with van der Waals surface area (Å²) in [5, 5.41) is 17.0. The van der Waals surface area contributed by atoms with E-state index < -0.39 is 0 Å². The molecule has 2 aliphatic rings. The Morgan fingerprint density at radius 1 is 1.27 bits per heavy atom. The molecule has 1 aromatic carbocycles. The first-order valence-corrected chi connectivity index (χ1v) is 9.54. The van der Waals surface area contributed by atoms with Crippen molar-refractivity contribution in [2.45, 2.75) is 37.9 Å². The lowest BCUT2D eigenvalue weighted by atomic mass is 10.0. The largest absolute Gasteiger partial charge is 0.497 e. The topological polar surface area (TPSA) is 64.6 Å². The monoisotopic (exact) mass is 356 g/mol. The van der Waals surface area contributed by atoms with Crippen LogP contribution in [0.25, 0.3) is 11.3 Å². The number of aromatic nitrogens is 2. The van der Waals surface area contributed by atoms with Gasteiger partial charge in [-0.1, -0.05) is 0 Å². The Balaban J connectivity index is 1.53. The zero-order valence-electron chi connectivity index (χ0n) is 15.4. The predicted octanol–water partition coefficient (Wildman–Crippen LogP) is 2.12. The molecule has 0 spiro atoms. The lowest BCUT2D eigenvalue weighted by Gasteiger charge is -2.43. The van der Waals surface area contributed by atoms with Crippen molar-refractivity contribution in [3.8, 4) is 17.0 Å². The Bertz CT molecular complexity index is 715. The highest BCUT2D eigenvalue weighted by molar-refractivity contribution is 5.63. The second-order valence-electron chi connectivity index (χ2n) is 7.39. The van der Waals surface area contributed by atoms with Crippen molar-refractivity contribution in [1.82, 2.24) is 20.0 Å². The molecule has 26 heavy (non-hydrogen) atoms. The second kappa shape index (κ2) is 7.78. The fourth-order valence-electron chi connectivity index (χ4n) is 4.42. The van der Waals surface area contributed by atoms with Gasteiger partial charge < -0.3 is 9.84 Å². The first kappa shape index (κ1) is 17.5. The highest BCUT2D eigenvalue weighted by atomic mass is 16.5. The maximum Gasteiger partial charge on any atom is 0.118 e. The van der Waals surface area contributed by atoms with Crippen LogP contribution in [0.2, 0.25) is 0 Å². The number of benzene rings is 1. The van der Waals surface area contributed by atoms with Crippen molar-refractivity contribution in [1.29, 1.82) is 0 Å². The SMILES string of the molecule is COc1ccc(-c2[nH]ncc2CN2C[C@H]3CCCN3C[C@@H]2CCO)cc1. The maximum atomic E-state index is 9.51. The summed E-state index contributed by atoms with van der Waals surface area (Å²) in [5.41, 5.74) is 3.41. The number of nitrogens with one attached hydrogen (secondary N) is 1. The maximum absolute atomic E-state index is 9.51. The van der Waals surface area contributed by atoms with Crippen LogP contribution in [0.4, 0.5) is 0 Å². The van der Waals surface area contributed by atoms with E-state index >= 15 is 0 Å². The Morgan fingerprint density at radius 2 is 2.12 bits per heavy atom. The number of hydrogen-bond acceptors (Lipinski definition) is 5. The number of aliphatic hydroxyl groups excluding tert-OH is 1. The van der Waals surface area contributed by atoms with Crippen LogP contribution in [0.5, 0.6) is 5.75 Å². The van der Waals surface area contributed by atoms with Crippen LogP contribution in [0, 0.1) is 0 Å². The van der Waals surface area contributed by atoms with Crippen LogP contribution in [-0.2, 0) is 6.54 Å². The van der Waals surface area contributed by atoms with Gasteiger partial charge in [0.2, 0.25) is 0 Å². The molecule has 2 fully saturated rings. The standard InChI is InChI=1S/C20H28N4O2/c1-26-19-6-4-15(5-7-19)20-16(11-21-22-20)12-24-14-17-3-2-9-23(17)13-18(24)8-10-25/h4-7,11,17-18,25H,2-3,8-10,12-14H2,1H3,(H,21,22)/t17-,18+/m1/s1. The van der Waals surface area contributed by atoms with Gasteiger partial charge in [-0.05, 0) is 50.1 Å². The Labute approximate surface area is 154 Å². The minimum atomic E-state index is 0.246. The van der Waals surface area contributed by atoms with Crippen molar-refractivity contribution in [3.63, 3.8) is 0 Å². The molecule has 6 heteroatoms. The van der Waals surface area contributed by atoms with Gasteiger partial charge >= 0.3 is 0 Å². The molecule has 0 unspecified atom stereocenters. The average molecular weight is 356 g/mol. The number of fused-ring (bicyclic) bond motifs is 1. The molecule has 3 heterocycles. The van der Waals surface area contributed by atoms with Gasteiger partial charge in [-0.3, -0.25) is 14.9 Å². The number of aromatic amines is 1. The van der Waals surface area contributed by atoms with Gasteiger partial charge in [0.25, 0.3) is 0 Å². The molecule has 2 aromatic rings. The molecular weight excluding hydrogens is 328 g/mol. The summed E-state index contributed by atoms with van der Waals surface area (Å²) >= 11 is 0. The number of nitrogens with zero attached hydrogens (tertiary/aromatic N) is 3. The molecule has 2 N–H and O–H groups in total. The Kier molecular flexibility index (Phi) is 5.24. The molecule has 0 saturated carbocycles. The molecule has 2 saturated heterocycles. The van der Waals surface area contributed by atoms with Gasteiger partial charge in [0, 0.05) is 49.5 Å². The first-order valence-electron chi connectivity index (χ1n) is 9.54. The molecule has 0 amide bonds. The molecule has 2 atom stereocenters. The smallest absolute Gasteiger partial charge is 0.118 e. The van der Waals surface area contributed by atoms with E-state index in [2.05, 4.69) is 32.1 Å². The fourth-order valence-corrected chi connectivity index (χ4v) is 4.42. The minimum Gasteiger partial charge on any atom is -0.497 e. The molecule has 2 aliphatic heterocycles. The minimum absolute atomic E-state index is 0.246. The number of hydrogen-bond donors (Lipinski definition) is 2. The van der Waals surface area contributed by atoms with Crippen LogP contribution >= 0.6 is 0 Å². The number of piperazine rings is 1. The zero-order valence-corrected chi connectivity index (χ0v) is 15.4. The fraction of sp³-hybridized carbons (Fsp3) is 0.550. The third-order valence-electron chi connectivity index (χ3n) is 5.84. The Hall–Kier alpha value is -1.89. The van der Waals surface area contributed by atoms with Crippen LogP contribution in [-0.4, -0.2) is 70.5 Å². The third-order valence-corrected chi connectivity index (χ3v) is 5.84. The molecule has 140 valence electrons. The van der Waals surface area contributed by atoms with E-state index in [-0.39, 0.29) is 6.61 Å². The van der Waals surface area contributed by atoms with Crippen molar-refractivity contribution in [2.75, 3.05) is 33.4 Å². The summed E-state index contributed by atoms with van der Waals surface area (Å²) in [4.78, 5) is 5.15. The van der Waals surface area contributed by atoms with Gasteiger partial charge in [-0.2, -0.15) is 5.10 Å². The quantitative estimate of drug-likeness (QED) is 0.830. The number of H-pyrrole nitrogens is 1. The second-order valence-corrected chi connectivity index (χ2v) is 7.39. The summed E-state index contributed by atoms with van der Waals surface area (Å²) in [6, 6.07) is 9.16. The lowest BCUT2D eigenvalue weighted by Crippen LogP contribution is -2.55. The molecular formula is C20H28N4O2. The van der Waals surface area contributed by atoms with Crippen LogP contribution in [0.3, 0.4) is 0 Å². The van der Waals surface area contributed by atoms with Gasteiger partial charge in [-0.25, -0.2) is 0 Å². The summed E-state index contributed by atoms with van der Waals surface area (Å²) in [6.45, 7) is 4.48. The van der Waals surface area contributed by atoms with Crippen molar-refractivity contribution >= 4 is 0 Å². The van der Waals surface area contributed by atoms with Crippen LogP contribution in [0.1, 0.15) is 24.8 Å². The van der Waals surface area contributed by atoms with Crippen LogP contribution < -0.4 is 4.74 Å². The number of aliphatic hydroxyl groups is 1. The third kappa shape index (κ3) is 3.49. The molecule has 6 nitrogen and oxygen atoms in total. The normalized spacial score (nSPS) is 23.9. The average Bonchev–Trinajstić information content (AvgIpc) is 3.31. The van der Waals surface area contributed by atoms with E-state index in [0.717, 1.165) is 43.1 Å². The van der Waals surface area contributed by atoms with E-state index in [0.29, 0.717) is 12.1 Å². The number of methoxy groups -OCH3 is 1. The van der Waals surface area contributed by atoms with Crippen molar-refractivity contribution in [3.05, 3.63) is 36.0 Å². The van der Waals surface area contributed by atoms with Gasteiger partial charge in [0.15, 0.2) is 0 Å². The summed E-state index contributed by atoms with van der Waals surface area (Å²) in [6.07, 6.45) is 5.36. The van der Waals surface area contributed by atoms with Gasteiger partial charge in [-0.15, -0.1) is 0 Å². The van der Waals surface area contributed by atoms with Crippen molar-refractivity contribution in [2.24, 2.45) is 0 Å².